The van der Waals surface area contributed by atoms with Gasteiger partial charge in [0.05, 0.1) is 0 Å². The summed E-state index contributed by atoms with van der Waals surface area (Å²) in [6.07, 6.45) is 71.8. The van der Waals surface area contributed by atoms with Gasteiger partial charge in [-0.05, 0) is 70.6 Å². The summed E-state index contributed by atoms with van der Waals surface area (Å²) in [5, 5.41) is 0. The van der Waals surface area contributed by atoms with Gasteiger partial charge in [0, 0.05) is 19.3 Å². The highest BCUT2D eigenvalue weighted by Gasteiger charge is 2.19. The van der Waals surface area contributed by atoms with E-state index in [0.717, 1.165) is 57.8 Å². The second kappa shape index (κ2) is 60.4. The quantitative estimate of drug-likeness (QED) is 0.0261. The maximum atomic E-state index is 12.9. The van der Waals surface area contributed by atoms with Crippen LogP contribution >= 0.6 is 0 Å². The number of carbonyl (C=O) groups is 3. The summed E-state index contributed by atoms with van der Waals surface area (Å²) in [4.78, 5) is 38.2. The molecule has 0 aromatic rings. The van der Waals surface area contributed by atoms with Gasteiger partial charge in [-0.2, -0.15) is 0 Å². The van der Waals surface area contributed by atoms with Crippen molar-refractivity contribution >= 4 is 17.9 Å². The molecule has 71 heavy (non-hydrogen) atoms. The predicted molar refractivity (Wildman–Crippen MR) is 307 cm³/mol. The van der Waals surface area contributed by atoms with Crippen LogP contribution in [0, 0.1) is 0 Å². The summed E-state index contributed by atoms with van der Waals surface area (Å²) in [5.74, 6) is -0.844. The summed E-state index contributed by atoms with van der Waals surface area (Å²) < 4.78 is 16.9. The summed E-state index contributed by atoms with van der Waals surface area (Å²) in [6.45, 7) is 6.68. The third kappa shape index (κ3) is 58.7. The Morgan fingerprint density at radius 1 is 0.268 bits per heavy atom. The number of ether oxygens (including phenoxy) is 3. The third-order valence-electron chi connectivity index (χ3n) is 14.4. The number of unbranched alkanes of at least 4 members (excludes halogenated alkanes) is 44. The number of rotatable bonds is 59. The zero-order valence-corrected chi connectivity index (χ0v) is 48.0. The number of carbonyl (C=O) groups excluding carboxylic acids is 3. The van der Waals surface area contributed by atoms with Gasteiger partial charge in [0.2, 0.25) is 0 Å². The van der Waals surface area contributed by atoms with Gasteiger partial charge in [-0.1, -0.05) is 289 Å². The second-order valence-corrected chi connectivity index (χ2v) is 21.7. The van der Waals surface area contributed by atoms with Crippen molar-refractivity contribution in [3.8, 4) is 0 Å². The monoisotopic (exact) mass is 999 g/mol. The van der Waals surface area contributed by atoms with E-state index in [1.54, 1.807) is 0 Å². The summed E-state index contributed by atoms with van der Waals surface area (Å²) >= 11 is 0. The van der Waals surface area contributed by atoms with Crippen LogP contribution in [0.1, 0.15) is 355 Å². The van der Waals surface area contributed by atoms with Crippen LogP contribution in [0.3, 0.4) is 0 Å². The minimum Gasteiger partial charge on any atom is -0.462 e. The fourth-order valence-electron chi connectivity index (χ4n) is 9.61. The Morgan fingerprint density at radius 2 is 0.465 bits per heavy atom. The Labute approximate surface area is 443 Å². The molecule has 0 saturated carbocycles. The Kier molecular flexibility index (Phi) is 58.6. The largest absolute Gasteiger partial charge is 0.462 e. The maximum absolute atomic E-state index is 12.9. The molecule has 0 spiro atoms. The van der Waals surface area contributed by atoms with E-state index in [9.17, 15) is 14.4 Å². The first kappa shape index (κ1) is 68.9. The highest BCUT2D eigenvalue weighted by molar-refractivity contribution is 5.71. The molecule has 0 saturated heterocycles. The molecule has 0 N–H and O–H groups in total. The number of hydrogen-bond acceptors (Lipinski definition) is 6. The Bertz CT molecular complexity index is 1150. The van der Waals surface area contributed by atoms with Crippen LogP contribution in [0.4, 0.5) is 0 Å². The van der Waals surface area contributed by atoms with Gasteiger partial charge >= 0.3 is 17.9 Å². The molecule has 6 nitrogen and oxygen atoms in total. The van der Waals surface area contributed by atoms with Crippen molar-refractivity contribution in [3.05, 3.63) is 24.3 Å². The van der Waals surface area contributed by atoms with Crippen LogP contribution < -0.4 is 0 Å². The van der Waals surface area contributed by atoms with E-state index in [0.29, 0.717) is 19.3 Å². The molecule has 0 rings (SSSR count). The standard InChI is InChI=1S/C65H122O6/c1-4-7-10-13-16-19-22-24-26-28-30-32-34-36-38-40-43-46-49-52-55-58-64(67)70-61-62(60-69-63(66)57-54-51-48-45-42-21-18-15-12-9-6-3)71-65(68)59-56-53-50-47-44-41-39-37-35-33-31-29-27-25-23-20-17-14-11-8-5-2/h24-27,62H,4-23,28-61H2,1-3H3/b26-24-,27-25-/t62-/m0/s1. The van der Waals surface area contributed by atoms with Crippen molar-refractivity contribution in [1.29, 1.82) is 0 Å². The summed E-state index contributed by atoms with van der Waals surface area (Å²) in [5.41, 5.74) is 0. The molecule has 418 valence electrons. The molecule has 0 unspecified atom stereocenters. The van der Waals surface area contributed by atoms with E-state index in [2.05, 4.69) is 45.1 Å². The highest BCUT2D eigenvalue weighted by atomic mass is 16.6. The average Bonchev–Trinajstić information content (AvgIpc) is 3.37. The number of esters is 3. The topological polar surface area (TPSA) is 78.9 Å². The van der Waals surface area contributed by atoms with Crippen molar-refractivity contribution in [3.63, 3.8) is 0 Å². The molecule has 1 atom stereocenters. The van der Waals surface area contributed by atoms with Gasteiger partial charge in [0.15, 0.2) is 6.10 Å². The zero-order chi connectivity index (χ0) is 51.4. The molecule has 0 heterocycles. The Morgan fingerprint density at radius 3 is 0.704 bits per heavy atom. The summed E-state index contributed by atoms with van der Waals surface area (Å²) in [6, 6.07) is 0. The van der Waals surface area contributed by atoms with Crippen LogP contribution in [0.15, 0.2) is 24.3 Å². The van der Waals surface area contributed by atoms with E-state index < -0.39 is 6.10 Å². The van der Waals surface area contributed by atoms with Crippen LogP contribution in [0.25, 0.3) is 0 Å². The minimum absolute atomic E-state index is 0.0665. The van der Waals surface area contributed by atoms with E-state index >= 15 is 0 Å². The first-order valence-electron chi connectivity index (χ1n) is 31.8. The molecule has 0 aliphatic rings. The average molecular weight is 1000 g/mol. The van der Waals surface area contributed by atoms with Crippen LogP contribution in [-0.2, 0) is 28.6 Å². The van der Waals surface area contributed by atoms with Crippen molar-refractivity contribution in [2.75, 3.05) is 13.2 Å². The molecular weight excluding hydrogens is 877 g/mol. The molecule has 0 amide bonds. The van der Waals surface area contributed by atoms with Gasteiger partial charge < -0.3 is 14.2 Å². The van der Waals surface area contributed by atoms with Gasteiger partial charge in [0.1, 0.15) is 13.2 Å². The Hall–Kier alpha value is -2.11. The lowest BCUT2D eigenvalue weighted by molar-refractivity contribution is -0.167. The molecule has 0 aromatic heterocycles. The molecule has 0 fully saturated rings. The molecular formula is C65H122O6. The van der Waals surface area contributed by atoms with Crippen molar-refractivity contribution in [2.24, 2.45) is 0 Å². The van der Waals surface area contributed by atoms with Crippen molar-refractivity contribution in [1.82, 2.24) is 0 Å². The molecule has 0 aliphatic carbocycles. The van der Waals surface area contributed by atoms with E-state index in [-0.39, 0.29) is 31.1 Å². The van der Waals surface area contributed by atoms with Gasteiger partial charge in [-0.15, -0.1) is 0 Å². The van der Waals surface area contributed by atoms with Crippen LogP contribution in [0.2, 0.25) is 0 Å². The third-order valence-corrected chi connectivity index (χ3v) is 14.4. The van der Waals surface area contributed by atoms with Crippen LogP contribution in [0.5, 0.6) is 0 Å². The van der Waals surface area contributed by atoms with Gasteiger partial charge in [0.25, 0.3) is 0 Å². The summed E-state index contributed by atoms with van der Waals surface area (Å²) in [7, 11) is 0. The fourth-order valence-corrected chi connectivity index (χ4v) is 9.61. The highest BCUT2D eigenvalue weighted by Crippen LogP contribution is 2.17. The first-order chi connectivity index (χ1) is 35.0. The molecule has 0 radical (unpaired) electrons. The molecule has 0 aliphatic heterocycles. The normalized spacial score (nSPS) is 12.1. The fraction of sp³-hybridized carbons (Fsp3) is 0.892. The lowest BCUT2D eigenvalue weighted by atomic mass is 10.0. The molecule has 0 bridgehead atoms. The van der Waals surface area contributed by atoms with Crippen molar-refractivity contribution in [2.45, 2.75) is 361 Å². The van der Waals surface area contributed by atoms with E-state index in [1.165, 1.54) is 257 Å². The smallest absolute Gasteiger partial charge is 0.306 e. The number of hydrogen-bond donors (Lipinski definition) is 0. The zero-order valence-electron chi connectivity index (χ0n) is 48.0. The van der Waals surface area contributed by atoms with Gasteiger partial charge in [-0.25, -0.2) is 0 Å². The first-order valence-corrected chi connectivity index (χ1v) is 31.8. The van der Waals surface area contributed by atoms with E-state index in [1.807, 2.05) is 0 Å². The molecule has 0 aromatic carbocycles. The maximum Gasteiger partial charge on any atom is 0.306 e. The lowest BCUT2D eigenvalue weighted by Crippen LogP contribution is -2.30. The van der Waals surface area contributed by atoms with Gasteiger partial charge in [-0.3, -0.25) is 14.4 Å². The minimum atomic E-state index is -0.768. The Balaban J connectivity index is 4.24. The lowest BCUT2D eigenvalue weighted by Gasteiger charge is -2.18. The van der Waals surface area contributed by atoms with E-state index in [4.69, 9.17) is 14.2 Å². The number of allylic oxidation sites excluding steroid dienone is 4. The molecule has 6 heteroatoms. The predicted octanol–water partition coefficient (Wildman–Crippen LogP) is 21.4. The van der Waals surface area contributed by atoms with Crippen LogP contribution in [-0.4, -0.2) is 37.2 Å². The second-order valence-electron chi connectivity index (χ2n) is 21.7. The van der Waals surface area contributed by atoms with Crippen molar-refractivity contribution < 1.29 is 28.6 Å². The SMILES string of the molecule is CCCCCCCC/C=C\CCCCCCCCCCCCCC(=O)OC[C@H](COC(=O)CCCCCCCCCCCCC)OC(=O)CCCCCCCCCCCCC/C=C\CCCCCCCC.